The molecule has 0 radical (unpaired) electrons. The second-order valence-electron chi connectivity index (χ2n) is 9.67. The van der Waals surface area contributed by atoms with Crippen molar-refractivity contribution in [2.45, 2.75) is 89.0 Å². The van der Waals surface area contributed by atoms with Gasteiger partial charge < -0.3 is 23.7 Å². The molecule has 2 aromatic carbocycles. The molecule has 5 nitrogen and oxygen atoms in total. The molecule has 2 fully saturated rings. The van der Waals surface area contributed by atoms with Crippen molar-refractivity contribution in [3.05, 3.63) is 71.8 Å². The van der Waals surface area contributed by atoms with Crippen molar-refractivity contribution >= 4 is 0 Å². The van der Waals surface area contributed by atoms with Gasteiger partial charge >= 0.3 is 0 Å². The summed E-state index contributed by atoms with van der Waals surface area (Å²) in [5.74, 6) is 0. The lowest BCUT2D eigenvalue weighted by Gasteiger charge is -2.32. The minimum absolute atomic E-state index is 0.164. The van der Waals surface area contributed by atoms with Crippen molar-refractivity contribution in [1.82, 2.24) is 0 Å². The Kier molecular flexibility index (Phi) is 11.6. The van der Waals surface area contributed by atoms with E-state index in [9.17, 15) is 0 Å². The van der Waals surface area contributed by atoms with E-state index in [4.69, 9.17) is 23.7 Å². The quantitative estimate of drug-likeness (QED) is 0.305. The van der Waals surface area contributed by atoms with Crippen LogP contribution in [0.2, 0.25) is 0 Å². The van der Waals surface area contributed by atoms with Crippen molar-refractivity contribution in [3.8, 4) is 0 Å². The van der Waals surface area contributed by atoms with Crippen LogP contribution in [0.4, 0.5) is 0 Å². The molecule has 35 heavy (non-hydrogen) atoms. The highest BCUT2D eigenvalue weighted by atomic mass is 16.6. The molecule has 192 valence electrons. The Morgan fingerprint density at radius 3 is 1.23 bits per heavy atom. The van der Waals surface area contributed by atoms with Gasteiger partial charge in [-0.25, -0.2) is 0 Å². The molecule has 4 atom stereocenters. The molecule has 0 heterocycles. The third-order valence-electron chi connectivity index (χ3n) is 7.02. The van der Waals surface area contributed by atoms with E-state index in [0.29, 0.717) is 39.6 Å². The summed E-state index contributed by atoms with van der Waals surface area (Å²) in [5.41, 5.74) is 2.43. The Labute approximate surface area is 211 Å². The average molecular weight is 483 g/mol. The van der Waals surface area contributed by atoms with Crippen LogP contribution in [-0.2, 0) is 36.9 Å². The summed E-state index contributed by atoms with van der Waals surface area (Å²) >= 11 is 0. The Balaban J connectivity index is 1.07. The lowest BCUT2D eigenvalue weighted by molar-refractivity contribution is -0.118. The molecular weight excluding hydrogens is 440 g/mol. The number of rotatable bonds is 14. The van der Waals surface area contributed by atoms with Gasteiger partial charge in [-0.1, -0.05) is 86.3 Å². The van der Waals surface area contributed by atoms with Gasteiger partial charge in [-0.05, 0) is 36.8 Å². The predicted molar refractivity (Wildman–Crippen MR) is 137 cm³/mol. The molecule has 2 aliphatic rings. The van der Waals surface area contributed by atoms with E-state index in [1.165, 1.54) is 36.8 Å². The first-order valence-corrected chi connectivity index (χ1v) is 13.5. The molecule has 2 aliphatic carbocycles. The largest absolute Gasteiger partial charge is 0.377 e. The summed E-state index contributed by atoms with van der Waals surface area (Å²) in [6, 6.07) is 20.7. The van der Waals surface area contributed by atoms with Crippen molar-refractivity contribution < 1.29 is 23.7 Å². The van der Waals surface area contributed by atoms with E-state index < -0.39 is 0 Å². The lowest BCUT2D eigenvalue weighted by atomic mass is 9.94. The van der Waals surface area contributed by atoms with E-state index >= 15 is 0 Å². The number of ether oxygens (including phenoxy) is 5. The number of benzene rings is 2. The van der Waals surface area contributed by atoms with Gasteiger partial charge in [0.25, 0.3) is 0 Å². The Bertz CT molecular complexity index is 731. The van der Waals surface area contributed by atoms with E-state index in [1.54, 1.807) is 0 Å². The molecule has 0 N–H and O–H groups in total. The smallest absolute Gasteiger partial charge is 0.0841 e. The second-order valence-corrected chi connectivity index (χ2v) is 9.67. The van der Waals surface area contributed by atoms with Crippen LogP contribution in [0.5, 0.6) is 0 Å². The van der Waals surface area contributed by atoms with E-state index in [2.05, 4.69) is 48.5 Å². The number of hydrogen-bond acceptors (Lipinski definition) is 5. The topological polar surface area (TPSA) is 46.2 Å². The van der Waals surface area contributed by atoms with Crippen LogP contribution in [0.25, 0.3) is 0 Å². The zero-order valence-corrected chi connectivity index (χ0v) is 21.0. The lowest BCUT2D eigenvalue weighted by Crippen LogP contribution is -2.36. The fourth-order valence-corrected chi connectivity index (χ4v) is 5.06. The van der Waals surface area contributed by atoms with E-state index in [0.717, 1.165) is 25.7 Å². The Morgan fingerprint density at radius 2 is 0.829 bits per heavy atom. The van der Waals surface area contributed by atoms with Crippen molar-refractivity contribution in [1.29, 1.82) is 0 Å². The fraction of sp³-hybridized carbons (Fsp3) is 0.600. The zero-order valence-electron chi connectivity index (χ0n) is 21.0. The first-order chi connectivity index (χ1) is 17.4. The molecule has 2 aromatic rings. The average Bonchev–Trinajstić information content (AvgIpc) is 2.92. The van der Waals surface area contributed by atoms with Gasteiger partial charge in [0.1, 0.15) is 0 Å². The first kappa shape index (κ1) is 26.3. The van der Waals surface area contributed by atoms with E-state index in [1.807, 2.05) is 12.1 Å². The third-order valence-corrected chi connectivity index (χ3v) is 7.02. The predicted octanol–water partition coefficient (Wildman–Crippen LogP) is 6.09. The second kappa shape index (κ2) is 15.4. The van der Waals surface area contributed by atoms with Crippen LogP contribution in [0.1, 0.15) is 62.5 Å². The van der Waals surface area contributed by atoms with Gasteiger partial charge in [0, 0.05) is 0 Å². The van der Waals surface area contributed by atoms with Crippen LogP contribution in [0.15, 0.2) is 60.7 Å². The maximum Gasteiger partial charge on any atom is 0.0841 e. The van der Waals surface area contributed by atoms with Crippen LogP contribution in [-0.4, -0.2) is 50.8 Å². The summed E-state index contributed by atoms with van der Waals surface area (Å²) in [7, 11) is 0. The van der Waals surface area contributed by atoms with Gasteiger partial charge in [0.2, 0.25) is 0 Å². The maximum atomic E-state index is 6.20. The fourth-order valence-electron chi connectivity index (χ4n) is 5.06. The summed E-state index contributed by atoms with van der Waals surface area (Å²) in [5, 5.41) is 0. The third kappa shape index (κ3) is 9.32. The van der Waals surface area contributed by atoms with Crippen LogP contribution < -0.4 is 0 Å². The molecule has 0 aliphatic heterocycles. The van der Waals surface area contributed by atoms with Gasteiger partial charge in [-0.3, -0.25) is 0 Å². The molecular formula is C30H42O5. The molecule has 0 aromatic heterocycles. The summed E-state index contributed by atoms with van der Waals surface area (Å²) in [6.45, 7) is 3.67. The highest BCUT2D eigenvalue weighted by Crippen LogP contribution is 2.26. The van der Waals surface area contributed by atoms with E-state index in [-0.39, 0.29) is 24.4 Å². The molecule has 0 amide bonds. The summed E-state index contributed by atoms with van der Waals surface area (Å²) < 4.78 is 30.5. The van der Waals surface area contributed by atoms with Gasteiger partial charge in [-0.2, -0.15) is 0 Å². The molecule has 0 saturated heterocycles. The van der Waals surface area contributed by atoms with Crippen molar-refractivity contribution in [3.63, 3.8) is 0 Å². The van der Waals surface area contributed by atoms with Crippen molar-refractivity contribution in [2.24, 2.45) is 0 Å². The summed E-state index contributed by atoms with van der Waals surface area (Å²) in [4.78, 5) is 0. The van der Waals surface area contributed by atoms with Gasteiger partial charge in [-0.15, -0.1) is 0 Å². The molecule has 0 bridgehead atoms. The van der Waals surface area contributed by atoms with Gasteiger partial charge in [0.05, 0.1) is 64.1 Å². The van der Waals surface area contributed by atoms with Crippen LogP contribution in [0, 0.1) is 0 Å². The molecule has 2 saturated carbocycles. The van der Waals surface area contributed by atoms with Gasteiger partial charge in [0.15, 0.2) is 0 Å². The monoisotopic (exact) mass is 482 g/mol. The Morgan fingerprint density at radius 1 is 0.457 bits per heavy atom. The summed E-state index contributed by atoms with van der Waals surface area (Å²) in [6.07, 6.45) is 9.78. The minimum Gasteiger partial charge on any atom is -0.377 e. The highest BCUT2D eigenvalue weighted by molar-refractivity contribution is 5.14. The molecule has 0 unspecified atom stereocenters. The molecule has 5 heteroatoms. The zero-order chi connectivity index (χ0) is 24.0. The molecule has 4 rings (SSSR count). The minimum atomic E-state index is 0.164. The number of hydrogen-bond donors (Lipinski definition) is 0. The first-order valence-electron chi connectivity index (χ1n) is 13.5. The Hall–Kier alpha value is -1.76. The van der Waals surface area contributed by atoms with Crippen LogP contribution in [0.3, 0.4) is 0 Å². The normalized spacial score (nSPS) is 24.9. The molecule has 0 spiro atoms. The maximum absolute atomic E-state index is 6.20. The standard InChI is InChI=1S/C30H42O5/c1-3-11-25(12-4-1)23-34-29-17-9-7-15-27(29)32-21-19-31-20-22-33-28-16-8-10-18-30(28)35-24-26-13-5-2-6-14-26/h1-6,11-14,27-30H,7-10,15-24H2/t27-,28-,29-,30-/m1/s1. The highest BCUT2D eigenvalue weighted by Gasteiger charge is 2.27. The van der Waals surface area contributed by atoms with Crippen LogP contribution >= 0.6 is 0 Å². The SMILES string of the molecule is c1ccc(CO[C@@H]2CCCC[C@H]2OCCOCCO[C@@H]2CCCC[C@H]2OCc2ccccc2)cc1. The van der Waals surface area contributed by atoms with Crippen molar-refractivity contribution in [2.75, 3.05) is 26.4 Å².